The van der Waals surface area contributed by atoms with E-state index >= 15 is 0 Å². The lowest BCUT2D eigenvalue weighted by molar-refractivity contribution is 0.0697. The van der Waals surface area contributed by atoms with Crippen LogP contribution < -0.4 is 4.74 Å². The molecule has 1 heterocycles. The van der Waals surface area contributed by atoms with Gasteiger partial charge in [-0.15, -0.1) is 0 Å². The smallest absolute Gasteiger partial charge is 0.337 e. The number of carboxylic acid groups (broad SMARTS) is 1. The van der Waals surface area contributed by atoms with Gasteiger partial charge >= 0.3 is 5.97 Å². The first-order valence-corrected chi connectivity index (χ1v) is 5.53. The number of pyridine rings is 1. The first-order valence-electron chi connectivity index (χ1n) is 5.15. The molecule has 0 amide bonds. The molecular weight excluding hydrogens is 254 g/mol. The number of halogens is 1. The summed E-state index contributed by atoms with van der Waals surface area (Å²) < 4.78 is 4.96. The second-order valence-corrected chi connectivity index (χ2v) is 4.00. The molecular formula is C13H10ClNO3. The van der Waals surface area contributed by atoms with Crippen molar-refractivity contribution in [2.24, 2.45) is 0 Å². The minimum Gasteiger partial charge on any atom is -0.481 e. The highest BCUT2D eigenvalue weighted by Crippen LogP contribution is 2.26. The number of ether oxygens (including phenoxy) is 1. The third-order valence-corrected chi connectivity index (χ3v) is 2.79. The van der Waals surface area contributed by atoms with Gasteiger partial charge in [0, 0.05) is 17.8 Å². The molecule has 0 bridgehead atoms. The van der Waals surface area contributed by atoms with Gasteiger partial charge in [0.25, 0.3) is 0 Å². The number of rotatable bonds is 3. The Morgan fingerprint density at radius 1 is 1.28 bits per heavy atom. The van der Waals surface area contributed by atoms with Crippen molar-refractivity contribution in [2.75, 3.05) is 7.11 Å². The van der Waals surface area contributed by atoms with E-state index in [2.05, 4.69) is 4.98 Å². The van der Waals surface area contributed by atoms with E-state index in [0.717, 1.165) is 11.1 Å². The van der Waals surface area contributed by atoms with Gasteiger partial charge < -0.3 is 9.84 Å². The van der Waals surface area contributed by atoms with Gasteiger partial charge in [0.15, 0.2) is 0 Å². The van der Waals surface area contributed by atoms with E-state index in [-0.39, 0.29) is 10.6 Å². The SMILES string of the molecule is COc1ccc(-c2ccc(C(=O)O)c(Cl)c2)cn1. The van der Waals surface area contributed by atoms with Crippen molar-refractivity contribution in [2.45, 2.75) is 0 Å². The summed E-state index contributed by atoms with van der Waals surface area (Å²) in [5.41, 5.74) is 1.73. The lowest BCUT2D eigenvalue weighted by Crippen LogP contribution is -1.97. The van der Waals surface area contributed by atoms with Crippen LogP contribution in [0.1, 0.15) is 10.4 Å². The highest BCUT2D eigenvalue weighted by atomic mass is 35.5. The maximum atomic E-state index is 10.8. The Morgan fingerprint density at radius 3 is 2.50 bits per heavy atom. The Morgan fingerprint density at radius 2 is 2.00 bits per heavy atom. The molecule has 0 aliphatic rings. The minimum absolute atomic E-state index is 0.0851. The van der Waals surface area contributed by atoms with Crippen LogP contribution in [0.5, 0.6) is 5.88 Å². The van der Waals surface area contributed by atoms with Gasteiger partial charge in [0.1, 0.15) is 0 Å². The van der Waals surface area contributed by atoms with E-state index in [1.165, 1.54) is 6.07 Å². The predicted octanol–water partition coefficient (Wildman–Crippen LogP) is 3.11. The maximum absolute atomic E-state index is 10.8. The third kappa shape index (κ3) is 2.43. The summed E-state index contributed by atoms with van der Waals surface area (Å²) in [6.45, 7) is 0. The lowest BCUT2D eigenvalue weighted by Gasteiger charge is -2.05. The fourth-order valence-corrected chi connectivity index (χ4v) is 1.80. The molecule has 2 aromatic rings. The van der Waals surface area contributed by atoms with Crippen molar-refractivity contribution in [1.82, 2.24) is 4.98 Å². The summed E-state index contributed by atoms with van der Waals surface area (Å²) in [6.07, 6.45) is 1.64. The standard InChI is InChI=1S/C13H10ClNO3/c1-18-12-5-3-9(7-15-12)8-2-4-10(13(16)17)11(14)6-8/h2-7H,1H3,(H,16,17). The molecule has 1 aromatic carbocycles. The molecule has 0 atom stereocenters. The number of carbonyl (C=O) groups is 1. The molecule has 2 rings (SSSR count). The number of carboxylic acids is 1. The van der Waals surface area contributed by atoms with E-state index < -0.39 is 5.97 Å². The van der Waals surface area contributed by atoms with E-state index in [9.17, 15) is 4.79 Å². The van der Waals surface area contributed by atoms with Gasteiger partial charge in [-0.25, -0.2) is 9.78 Å². The molecule has 0 fully saturated rings. The molecule has 0 spiro atoms. The summed E-state index contributed by atoms with van der Waals surface area (Å²) in [4.78, 5) is 14.9. The van der Waals surface area contributed by atoms with Crippen LogP contribution in [0.25, 0.3) is 11.1 Å². The normalized spacial score (nSPS) is 10.1. The zero-order valence-electron chi connectivity index (χ0n) is 9.55. The second kappa shape index (κ2) is 5.06. The van der Waals surface area contributed by atoms with E-state index in [0.29, 0.717) is 5.88 Å². The summed E-state index contributed by atoms with van der Waals surface area (Å²) in [5, 5.41) is 9.09. The molecule has 1 N–H and O–H groups in total. The predicted molar refractivity (Wildman–Crippen MR) is 68.2 cm³/mol. The Kier molecular flexibility index (Phi) is 3.48. The van der Waals surface area contributed by atoms with Gasteiger partial charge in [-0.2, -0.15) is 0 Å². The minimum atomic E-state index is -1.04. The summed E-state index contributed by atoms with van der Waals surface area (Å²) in [6, 6.07) is 8.34. The fourth-order valence-electron chi connectivity index (χ4n) is 1.54. The van der Waals surface area contributed by atoms with Gasteiger partial charge in [-0.05, 0) is 23.8 Å². The molecule has 0 radical (unpaired) electrons. The van der Waals surface area contributed by atoms with Crippen molar-refractivity contribution in [1.29, 1.82) is 0 Å². The van der Waals surface area contributed by atoms with Crippen molar-refractivity contribution < 1.29 is 14.6 Å². The number of hydrogen-bond donors (Lipinski definition) is 1. The summed E-state index contributed by atoms with van der Waals surface area (Å²) in [7, 11) is 1.54. The number of nitrogens with zero attached hydrogens (tertiary/aromatic N) is 1. The molecule has 0 saturated carbocycles. The molecule has 92 valence electrons. The molecule has 1 aromatic heterocycles. The largest absolute Gasteiger partial charge is 0.481 e. The van der Waals surface area contributed by atoms with E-state index in [1.54, 1.807) is 31.5 Å². The molecule has 0 saturated heterocycles. The van der Waals surface area contributed by atoms with Crippen molar-refractivity contribution >= 4 is 17.6 Å². The maximum Gasteiger partial charge on any atom is 0.337 e. The first-order chi connectivity index (χ1) is 8.61. The average Bonchev–Trinajstić information content (AvgIpc) is 2.38. The number of hydrogen-bond acceptors (Lipinski definition) is 3. The zero-order valence-corrected chi connectivity index (χ0v) is 10.3. The van der Waals surface area contributed by atoms with Crippen molar-refractivity contribution in [3.05, 3.63) is 47.1 Å². The topological polar surface area (TPSA) is 59.4 Å². The lowest BCUT2D eigenvalue weighted by atomic mass is 10.1. The van der Waals surface area contributed by atoms with E-state index in [1.807, 2.05) is 6.07 Å². The summed E-state index contributed by atoms with van der Waals surface area (Å²) in [5.74, 6) is -0.522. The van der Waals surface area contributed by atoms with Crippen molar-refractivity contribution in [3.8, 4) is 17.0 Å². The van der Waals surface area contributed by atoms with Gasteiger partial charge in [0.2, 0.25) is 5.88 Å². The highest BCUT2D eigenvalue weighted by molar-refractivity contribution is 6.33. The van der Waals surface area contributed by atoms with Gasteiger partial charge in [-0.1, -0.05) is 17.7 Å². The monoisotopic (exact) mass is 263 g/mol. The van der Waals surface area contributed by atoms with Crippen LogP contribution in [0.2, 0.25) is 5.02 Å². The molecule has 0 aliphatic carbocycles. The molecule has 18 heavy (non-hydrogen) atoms. The van der Waals surface area contributed by atoms with Crippen LogP contribution in [0, 0.1) is 0 Å². The van der Waals surface area contributed by atoms with Crippen LogP contribution in [0.4, 0.5) is 0 Å². The quantitative estimate of drug-likeness (QED) is 0.924. The molecule has 5 heteroatoms. The second-order valence-electron chi connectivity index (χ2n) is 3.59. The zero-order chi connectivity index (χ0) is 13.1. The fraction of sp³-hybridized carbons (Fsp3) is 0.0769. The van der Waals surface area contributed by atoms with Crippen molar-refractivity contribution in [3.63, 3.8) is 0 Å². The highest BCUT2D eigenvalue weighted by Gasteiger charge is 2.09. The number of aromatic nitrogens is 1. The van der Waals surface area contributed by atoms with Crippen LogP contribution in [0.15, 0.2) is 36.5 Å². The Hall–Kier alpha value is -2.07. The Labute approximate surface area is 109 Å². The first kappa shape index (κ1) is 12.4. The Balaban J connectivity index is 2.39. The average molecular weight is 264 g/mol. The number of benzene rings is 1. The Bertz CT molecular complexity index is 581. The van der Waals surface area contributed by atoms with Crippen LogP contribution >= 0.6 is 11.6 Å². The molecule has 0 aliphatic heterocycles. The van der Waals surface area contributed by atoms with E-state index in [4.69, 9.17) is 21.4 Å². The van der Waals surface area contributed by atoms with Crippen LogP contribution in [-0.4, -0.2) is 23.2 Å². The summed E-state index contributed by atoms with van der Waals surface area (Å²) >= 11 is 5.91. The molecule has 0 unspecified atom stereocenters. The third-order valence-electron chi connectivity index (χ3n) is 2.48. The number of aromatic carboxylic acids is 1. The molecule has 4 nitrogen and oxygen atoms in total. The van der Waals surface area contributed by atoms with Gasteiger partial charge in [-0.3, -0.25) is 0 Å². The van der Waals surface area contributed by atoms with Gasteiger partial charge in [0.05, 0.1) is 17.7 Å². The van der Waals surface area contributed by atoms with Crippen LogP contribution in [0.3, 0.4) is 0 Å². The number of methoxy groups -OCH3 is 1. The van der Waals surface area contributed by atoms with Crippen LogP contribution in [-0.2, 0) is 0 Å².